The maximum atomic E-state index is 11.8. The van der Waals surface area contributed by atoms with Crippen LogP contribution in [0.25, 0.3) is 0 Å². The fourth-order valence-corrected chi connectivity index (χ4v) is 2.80. The van der Waals surface area contributed by atoms with Crippen LogP contribution in [-0.2, 0) is 11.3 Å². The molecule has 0 saturated carbocycles. The Kier molecular flexibility index (Phi) is 4.95. The van der Waals surface area contributed by atoms with Gasteiger partial charge in [-0.2, -0.15) is 0 Å². The van der Waals surface area contributed by atoms with Gasteiger partial charge in [0.2, 0.25) is 0 Å². The van der Waals surface area contributed by atoms with E-state index < -0.39 is 0 Å². The average Bonchev–Trinajstić information content (AvgIpc) is 2.47. The van der Waals surface area contributed by atoms with Crippen molar-refractivity contribution >= 4 is 5.78 Å². The molecule has 0 spiro atoms. The summed E-state index contributed by atoms with van der Waals surface area (Å²) in [5, 5.41) is 0. The Morgan fingerprint density at radius 1 is 1.40 bits per heavy atom. The van der Waals surface area contributed by atoms with Gasteiger partial charge in [-0.3, -0.25) is 14.7 Å². The summed E-state index contributed by atoms with van der Waals surface area (Å²) in [5.41, 5.74) is 0.819. The van der Waals surface area contributed by atoms with Crippen LogP contribution in [0.5, 0.6) is 11.5 Å². The molecule has 5 nitrogen and oxygen atoms in total. The summed E-state index contributed by atoms with van der Waals surface area (Å²) >= 11 is 0. The number of rotatable bonds is 5. The maximum absolute atomic E-state index is 11.8. The van der Waals surface area contributed by atoms with Crippen LogP contribution >= 0.6 is 0 Å². The predicted molar refractivity (Wildman–Crippen MR) is 76.1 cm³/mol. The molecule has 1 aliphatic rings. The van der Waals surface area contributed by atoms with E-state index in [0.717, 1.165) is 31.5 Å². The summed E-state index contributed by atoms with van der Waals surface area (Å²) in [6, 6.07) is 1.78. The Morgan fingerprint density at radius 2 is 2.20 bits per heavy atom. The molecule has 1 fully saturated rings. The van der Waals surface area contributed by atoms with Crippen molar-refractivity contribution in [2.75, 3.05) is 20.8 Å². The molecule has 2 rings (SSSR count). The molecule has 1 aliphatic heterocycles. The molecule has 1 aromatic rings. The average molecular weight is 278 g/mol. The van der Waals surface area contributed by atoms with Crippen LogP contribution in [-0.4, -0.2) is 42.5 Å². The van der Waals surface area contributed by atoms with Crippen molar-refractivity contribution in [3.63, 3.8) is 0 Å². The zero-order chi connectivity index (χ0) is 14.5. The lowest BCUT2D eigenvalue weighted by atomic mass is 9.99. The van der Waals surface area contributed by atoms with E-state index in [2.05, 4.69) is 9.88 Å². The number of carbonyl (C=O) groups excluding carboxylic acids is 1. The van der Waals surface area contributed by atoms with Crippen LogP contribution in [0.2, 0.25) is 0 Å². The molecule has 0 aliphatic carbocycles. The normalized spacial score (nSPS) is 19.6. The van der Waals surface area contributed by atoms with Gasteiger partial charge in [0, 0.05) is 18.8 Å². The summed E-state index contributed by atoms with van der Waals surface area (Å²) in [6.07, 6.45) is 4.88. The third-order valence-electron chi connectivity index (χ3n) is 3.80. The molecule has 2 heterocycles. The first-order chi connectivity index (χ1) is 9.67. The third-order valence-corrected chi connectivity index (χ3v) is 3.80. The minimum Gasteiger partial charge on any atom is -0.493 e. The predicted octanol–water partition coefficient (Wildman–Crippen LogP) is 2.04. The van der Waals surface area contributed by atoms with Gasteiger partial charge in [0.05, 0.1) is 20.3 Å². The Hall–Kier alpha value is -1.62. The van der Waals surface area contributed by atoms with Crippen molar-refractivity contribution in [1.82, 2.24) is 9.88 Å². The van der Waals surface area contributed by atoms with Crippen molar-refractivity contribution in [2.45, 2.75) is 38.8 Å². The van der Waals surface area contributed by atoms with Gasteiger partial charge in [0.15, 0.2) is 11.5 Å². The van der Waals surface area contributed by atoms with Crippen molar-refractivity contribution in [2.24, 2.45) is 0 Å². The third kappa shape index (κ3) is 3.10. The lowest BCUT2D eigenvalue weighted by molar-refractivity contribution is -0.123. The zero-order valence-corrected chi connectivity index (χ0v) is 12.4. The van der Waals surface area contributed by atoms with Crippen molar-refractivity contribution < 1.29 is 14.3 Å². The summed E-state index contributed by atoms with van der Waals surface area (Å²) < 4.78 is 10.7. The van der Waals surface area contributed by atoms with E-state index in [-0.39, 0.29) is 11.8 Å². The largest absolute Gasteiger partial charge is 0.493 e. The lowest BCUT2D eigenvalue weighted by Crippen LogP contribution is -2.43. The minimum atomic E-state index is 0.00135. The van der Waals surface area contributed by atoms with Crippen molar-refractivity contribution in [3.05, 3.63) is 18.0 Å². The number of methoxy groups -OCH3 is 2. The van der Waals surface area contributed by atoms with Gasteiger partial charge in [-0.15, -0.1) is 0 Å². The van der Waals surface area contributed by atoms with E-state index >= 15 is 0 Å². The van der Waals surface area contributed by atoms with Crippen molar-refractivity contribution in [1.29, 1.82) is 0 Å². The fourth-order valence-electron chi connectivity index (χ4n) is 2.80. The highest BCUT2D eigenvalue weighted by molar-refractivity contribution is 5.81. The molecule has 1 atom stereocenters. The molecule has 110 valence electrons. The second-order valence-corrected chi connectivity index (χ2v) is 5.09. The summed E-state index contributed by atoms with van der Waals surface area (Å²) in [4.78, 5) is 18.3. The van der Waals surface area contributed by atoms with E-state index in [4.69, 9.17) is 9.47 Å². The SMILES string of the molecule is COc1ccnc(CN2CCCCC2C(C)=O)c1OC. The highest BCUT2D eigenvalue weighted by atomic mass is 16.5. The highest BCUT2D eigenvalue weighted by Crippen LogP contribution is 2.31. The smallest absolute Gasteiger partial charge is 0.183 e. The molecule has 5 heteroatoms. The second kappa shape index (κ2) is 6.70. The zero-order valence-electron chi connectivity index (χ0n) is 12.4. The number of nitrogens with zero attached hydrogens (tertiary/aromatic N) is 2. The number of likely N-dealkylation sites (tertiary alicyclic amines) is 1. The quantitative estimate of drug-likeness (QED) is 0.825. The van der Waals surface area contributed by atoms with Gasteiger partial charge in [0.1, 0.15) is 11.5 Å². The van der Waals surface area contributed by atoms with E-state index in [1.807, 2.05) is 0 Å². The number of Topliss-reactive ketones (excluding diaryl/α,β-unsaturated/α-hetero) is 1. The summed E-state index contributed by atoms with van der Waals surface area (Å²) in [7, 11) is 3.22. The first-order valence-corrected chi connectivity index (χ1v) is 6.97. The number of hydrogen-bond donors (Lipinski definition) is 0. The topological polar surface area (TPSA) is 51.7 Å². The van der Waals surface area contributed by atoms with Crippen molar-refractivity contribution in [3.8, 4) is 11.5 Å². The molecule has 1 aromatic heterocycles. The molecule has 0 aromatic carbocycles. The lowest BCUT2D eigenvalue weighted by Gasteiger charge is -2.34. The molecule has 1 saturated heterocycles. The van der Waals surface area contributed by atoms with Gasteiger partial charge < -0.3 is 9.47 Å². The monoisotopic (exact) mass is 278 g/mol. The molecular weight excluding hydrogens is 256 g/mol. The van der Waals surface area contributed by atoms with Crippen LogP contribution in [0.3, 0.4) is 0 Å². The Balaban J connectivity index is 2.22. The van der Waals surface area contributed by atoms with Crippen LogP contribution in [0.1, 0.15) is 31.9 Å². The fraction of sp³-hybridized carbons (Fsp3) is 0.600. The first-order valence-electron chi connectivity index (χ1n) is 6.97. The van der Waals surface area contributed by atoms with E-state index in [1.165, 1.54) is 0 Å². The second-order valence-electron chi connectivity index (χ2n) is 5.09. The molecular formula is C15H22N2O3. The van der Waals surface area contributed by atoms with E-state index in [1.54, 1.807) is 33.4 Å². The van der Waals surface area contributed by atoms with E-state index in [0.29, 0.717) is 18.0 Å². The number of piperidine rings is 1. The first kappa shape index (κ1) is 14.8. The summed E-state index contributed by atoms with van der Waals surface area (Å²) in [5.74, 6) is 1.56. The number of carbonyl (C=O) groups is 1. The van der Waals surface area contributed by atoms with Crippen LogP contribution in [0, 0.1) is 0 Å². The molecule has 0 bridgehead atoms. The number of aromatic nitrogens is 1. The maximum Gasteiger partial charge on any atom is 0.183 e. The van der Waals surface area contributed by atoms with Crippen LogP contribution in [0.15, 0.2) is 12.3 Å². The molecule has 1 unspecified atom stereocenters. The Bertz CT molecular complexity index is 476. The Morgan fingerprint density at radius 3 is 2.85 bits per heavy atom. The molecule has 0 radical (unpaired) electrons. The summed E-state index contributed by atoms with van der Waals surface area (Å²) in [6.45, 7) is 3.20. The van der Waals surface area contributed by atoms with Gasteiger partial charge in [-0.1, -0.05) is 6.42 Å². The number of ether oxygens (including phenoxy) is 2. The standard InChI is InChI=1S/C15H22N2O3/c1-11(18)13-6-4-5-9-17(13)10-12-15(20-3)14(19-2)7-8-16-12/h7-8,13H,4-6,9-10H2,1-3H3. The Labute approximate surface area is 119 Å². The molecule has 0 N–H and O–H groups in total. The number of ketones is 1. The van der Waals surface area contributed by atoms with Gasteiger partial charge in [-0.25, -0.2) is 0 Å². The minimum absolute atomic E-state index is 0.00135. The van der Waals surface area contributed by atoms with Gasteiger partial charge in [-0.05, 0) is 26.3 Å². The van der Waals surface area contributed by atoms with Crippen LogP contribution in [0.4, 0.5) is 0 Å². The van der Waals surface area contributed by atoms with E-state index in [9.17, 15) is 4.79 Å². The van der Waals surface area contributed by atoms with Gasteiger partial charge >= 0.3 is 0 Å². The highest BCUT2D eigenvalue weighted by Gasteiger charge is 2.27. The number of hydrogen-bond acceptors (Lipinski definition) is 5. The molecule has 20 heavy (non-hydrogen) atoms. The number of pyridine rings is 1. The molecule has 0 amide bonds. The van der Waals surface area contributed by atoms with Crippen LogP contribution < -0.4 is 9.47 Å². The van der Waals surface area contributed by atoms with Gasteiger partial charge in [0.25, 0.3) is 0 Å².